The fraction of sp³-hybridized carbons (Fsp3) is 0.375. The Morgan fingerprint density at radius 2 is 2.05 bits per heavy atom. The lowest BCUT2D eigenvalue weighted by molar-refractivity contribution is 0.501. The van der Waals surface area contributed by atoms with Crippen molar-refractivity contribution in [3.8, 4) is 0 Å². The van der Waals surface area contributed by atoms with Gasteiger partial charge < -0.3 is 5.32 Å². The van der Waals surface area contributed by atoms with E-state index < -0.39 is 0 Å². The van der Waals surface area contributed by atoms with Crippen LogP contribution in [-0.4, -0.2) is 9.78 Å². The number of halogens is 1. The SMILES string of the molecule is Cc1ccc(CNc2cnn(C(C)C)c(=O)c2Br)c(C)c1. The molecule has 21 heavy (non-hydrogen) atoms. The fourth-order valence-corrected chi connectivity index (χ4v) is 2.59. The number of nitrogens with zero attached hydrogens (tertiary/aromatic N) is 2. The smallest absolute Gasteiger partial charge is 0.283 e. The molecule has 5 heteroatoms. The van der Waals surface area contributed by atoms with Gasteiger partial charge in [-0.15, -0.1) is 0 Å². The molecule has 0 aliphatic carbocycles. The molecule has 0 aliphatic heterocycles. The van der Waals surface area contributed by atoms with Crippen LogP contribution < -0.4 is 10.9 Å². The Morgan fingerprint density at radius 1 is 1.33 bits per heavy atom. The van der Waals surface area contributed by atoms with Crippen molar-refractivity contribution in [1.82, 2.24) is 9.78 Å². The summed E-state index contributed by atoms with van der Waals surface area (Å²) in [5.74, 6) is 0. The van der Waals surface area contributed by atoms with E-state index in [1.54, 1.807) is 6.20 Å². The first kappa shape index (κ1) is 15.8. The van der Waals surface area contributed by atoms with E-state index in [-0.39, 0.29) is 11.6 Å². The van der Waals surface area contributed by atoms with Crippen molar-refractivity contribution >= 4 is 21.6 Å². The zero-order valence-corrected chi connectivity index (χ0v) is 14.4. The molecule has 2 aromatic rings. The van der Waals surface area contributed by atoms with Gasteiger partial charge in [0.1, 0.15) is 4.47 Å². The quantitative estimate of drug-likeness (QED) is 0.912. The largest absolute Gasteiger partial charge is 0.379 e. The van der Waals surface area contributed by atoms with Gasteiger partial charge in [-0.25, -0.2) is 4.68 Å². The van der Waals surface area contributed by atoms with E-state index in [0.29, 0.717) is 11.0 Å². The van der Waals surface area contributed by atoms with Crippen LogP contribution in [-0.2, 0) is 6.54 Å². The molecule has 0 fully saturated rings. The highest BCUT2D eigenvalue weighted by Gasteiger charge is 2.10. The maximum atomic E-state index is 12.2. The fourth-order valence-electron chi connectivity index (χ4n) is 2.17. The van der Waals surface area contributed by atoms with Gasteiger partial charge in [-0.3, -0.25) is 4.79 Å². The monoisotopic (exact) mass is 349 g/mol. The van der Waals surface area contributed by atoms with Gasteiger partial charge in [0.05, 0.1) is 17.9 Å². The first-order chi connectivity index (χ1) is 9.90. The Labute approximate surface area is 133 Å². The first-order valence-electron chi connectivity index (χ1n) is 6.97. The van der Waals surface area contributed by atoms with Crippen molar-refractivity contribution in [2.45, 2.75) is 40.3 Å². The number of hydrogen-bond acceptors (Lipinski definition) is 3. The highest BCUT2D eigenvalue weighted by atomic mass is 79.9. The lowest BCUT2D eigenvalue weighted by atomic mass is 10.1. The predicted octanol–water partition coefficient (Wildman–Crippen LogP) is 3.82. The maximum Gasteiger partial charge on any atom is 0.283 e. The summed E-state index contributed by atoms with van der Waals surface area (Å²) in [5, 5.41) is 7.47. The molecule has 112 valence electrons. The van der Waals surface area contributed by atoms with Crippen LogP contribution in [0.2, 0.25) is 0 Å². The molecule has 1 aromatic heterocycles. The lowest BCUT2D eigenvalue weighted by Crippen LogP contribution is -2.26. The Balaban J connectivity index is 2.21. The Kier molecular flexibility index (Phi) is 4.83. The summed E-state index contributed by atoms with van der Waals surface area (Å²) in [7, 11) is 0. The van der Waals surface area contributed by atoms with Gasteiger partial charge in [-0.05, 0) is 54.8 Å². The molecule has 1 N–H and O–H groups in total. The van der Waals surface area contributed by atoms with Crippen LogP contribution in [0.15, 0.2) is 33.7 Å². The molecule has 0 atom stereocenters. The van der Waals surface area contributed by atoms with Crippen molar-refractivity contribution in [2.24, 2.45) is 0 Å². The summed E-state index contributed by atoms with van der Waals surface area (Å²) in [6.07, 6.45) is 1.69. The number of nitrogens with one attached hydrogen (secondary N) is 1. The number of benzene rings is 1. The molecular formula is C16H20BrN3O. The average Bonchev–Trinajstić information content (AvgIpc) is 2.41. The minimum Gasteiger partial charge on any atom is -0.379 e. The summed E-state index contributed by atoms with van der Waals surface area (Å²) in [4.78, 5) is 12.2. The third-order valence-corrected chi connectivity index (χ3v) is 4.17. The van der Waals surface area contributed by atoms with Crippen molar-refractivity contribution in [3.63, 3.8) is 0 Å². The summed E-state index contributed by atoms with van der Waals surface area (Å²) in [6, 6.07) is 6.39. The molecular weight excluding hydrogens is 330 g/mol. The van der Waals surface area contributed by atoms with E-state index >= 15 is 0 Å². The second kappa shape index (κ2) is 6.43. The predicted molar refractivity (Wildman–Crippen MR) is 89.8 cm³/mol. The second-order valence-electron chi connectivity index (χ2n) is 5.50. The molecule has 0 amide bonds. The molecule has 0 bridgehead atoms. The van der Waals surface area contributed by atoms with Gasteiger partial charge in [0.2, 0.25) is 0 Å². The van der Waals surface area contributed by atoms with E-state index in [1.165, 1.54) is 21.4 Å². The Bertz CT molecular complexity index is 707. The minimum atomic E-state index is -0.115. The van der Waals surface area contributed by atoms with Crippen LogP contribution in [0.4, 0.5) is 5.69 Å². The topological polar surface area (TPSA) is 46.9 Å². The highest BCUT2D eigenvalue weighted by Crippen LogP contribution is 2.19. The van der Waals surface area contributed by atoms with E-state index in [2.05, 4.69) is 58.4 Å². The number of anilines is 1. The highest BCUT2D eigenvalue weighted by molar-refractivity contribution is 9.10. The zero-order valence-electron chi connectivity index (χ0n) is 12.8. The molecule has 0 spiro atoms. The van der Waals surface area contributed by atoms with E-state index in [1.807, 2.05) is 13.8 Å². The van der Waals surface area contributed by atoms with E-state index in [9.17, 15) is 4.79 Å². The van der Waals surface area contributed by atoms with Crippen LogP contribution in [0, 0.1) is 13.8 Å². The molecule has 1 heterocycles. The van der Waals surface area contributed by atoms with Gasteiger partial charge in [0.15, 0.2) is 0 Å². The Morgan fingerprint density at radius 3 is 2.67 bits per heavy atom. The molecule has 0 saturated heterocycles. The standard InChI is InChI=1S/C16H20BrN3O/c1-10(2)20-16(21)15(17)14(9-19-20)18-8-13-6-5-11(3)7-12(13)4/h5-7,9-10,18H,8H2,1-4H3. The molecule has 0 unspecified atom stereocenters. The number of aryl methyl sites for hydroxylation is 2. The van der Waals surface area contributed by atoms with Crippen molar-refractivity contribution < 1.29 is 0 Å². The number of hydrogen-bond donors (Lipinski definition) is 1. The van der Waals surface area contributed by atoms with Crippen LogP contribution in [0.3, 0.4) is 0 Å². The molecule has 0 saturated carbocycles. The summed E-state index contributed by atoms with van der Waals surface area (Å²) in [6.45, 7) is 8.70. The third-order valence-electron chi connectivity index (χ3n) is 3.40. The van der Waals surface area contributed by atoms with Crippen LogP contribution >= 0.6 is 15.9 Å². The van der Waals surface area contributed by atoms with Crippen molar-refractivity contribution in [1.29, 1.82) is 0 Å². The van der Waals surface area contributed by atoms with Crippen LogP contribution in [0.25, 0.3) is 0 Å². The third kappa shape index (κ3) is 3.53. The Hall–Kier alpha value is -1.62. The molecule has 4 nitrogen and oxygen atoms in total. The normalized spacial score (nSPS) is 11.0. The second-order valence-corrected chi connectivity index (χ2v) is 6.29. The van der Waals surface area contributed by atoms with Crippen molar-refractivity contribution in [3.05, 3.63) is 55.9 Å². The van der Waals surface area contributed by atoms with Gasteiger partial charge in [-0.1, -0.05) is 23.8 Å². The van der Waals surface area contributed by atoms with Gasteiger partial charge in [0.25, 0.3) is 5.56 Å². The average molecular weight is 350 g/mol. The molecule has 0 radical (unpaired) electrons. The van der Waals surface area contributed by atoms with Gasteiger partial charge in [-0.2, -0.15) is 5.10 Å². The summed E-state index contributed by atoms with van der Waals surface area (Å²) in [5.41, 5.74) is 4.30. The summed E-state index contributed by atoms with van der Waals surface area (Å²) < 4.78 is 1.99. The van der Waals surface area contributed by atoms with Gasteiger partial charge >= 0.3 is 0 Å². The first-order valence-corrected chi connectivity index (χ1v) is 7.76. The number of aromatic nitrogens is 2. The van der Waals surface area contributed by atoms with E-state index in [0.717, 1.165) is 5.69 Å². The maximum absolute atomic E-state index is 12.2. The molecule has 0 aliphatic rings. The molecule has 1 aromatic carbocycles. The molecule has 2 rings (SSSR count). The zero-order chi connectivity index (χ0) is 15.6. The van der Waals surface area contributed by atoms with Crippen LogP contribution in [0.1, 0.15) is 36.6 Å². The number of rotatable bonds is 4. The minimum absolute atomic E-state index is 0.0437. The summed E-state index contributed by atoms with van der Waals surface area (Å²) >= 11 is 3.37. The lowest BCUT2D eigenvalue weighted by Gasteiger charge is -2.13. The van der Waals surface area contributed by atoms with Gasteiger partial charge in [0, 0.05) is 6.54 Å². The van der Waals surface area contributed by atoms with Crippen LogP contribution in [0.5, 0.6) is 0 Å². The van der Waals surface area contributed by atoms with E-state index in [4.69, 9.17) is 0 Å². The van der Waals surface area contributed by atoms with Crippen molar-refractivity contribution in [2.75, 3.05) is 5.32 Å².